The van der Waals surface area contributed by atoms with Crippen molar-refractivity contribution in [1.82, 2.24) is 18.7 Å². The van der Waals surface area contributed by atoms with E-state index in [9.17, 15) is 14.4 Å². The van der Waals surface area contributed by atoms with E-state index in [1.54, 1.807) is 24.9 Å². The van der Waals surface area contributed by atoms with Crippen LogP contribution in [0.15, 0.2) is 27.8 Å². The number of rotatable bonds is 5. The van der Waals surface area contributed by atoms with Crippen LogP contribution in [0.2, 0.25) is 0 Å². The first-order chi connectivity index (χ1) is 15.3. The first-order valence-corrected chi connectivity index (χ1v) is 10.1. The van der Waals surface area contributed by atoms with E-state index in [-0.39, 0.29) is 17.1 Å². The van der Waals surface area contributed by atoms with Gasteiger partial charge in [0.15, 0.2) is 11.2 Å². The molecule has 11 heteroatoms. The lowest BCUT2D eigenvalue weighted by Crippen LogP contribution is -2.42. The van der Waals surface area contributed by atoms with Gasteiger partial charge in [0.2, 0.25) is 5.95 Å². The van der Waals surface area contributed by atoms with Gasteiger partial charge in [-0.2, -0.15) is 4.98 Å². The molecule has 4 rings (SSSR count). The summed E-state index contributed by atoms with van der Waals surface area (Å²) in [6.07, 6.45) is 0. The van der Waals surface area contributed by atoms with E-state index in [4.69, 9.17) is 9.47 Å². The Balaban J connectivity index is 1.97. The number of hydrogen-bond donors (Lipinski definition) is 0. The molecular formula is C21H25N5O6. The molecule has 0 amide bonds. The van der Waals surface area contributed by atoms with Crippen molar-refractivity contribution >= 4 is 28.8 Å². The zero-order valence-corrected chi connectivity index (χ0v) is 18.6. The summed E-state index contributed by atoms with van der Waals surface area (Å²) in [7, 11) is 5.89. The van der Waals surface area contributed by atoms with E-state index in [2.05, 4.69) is 16.6 Å². The fraction of sp³-hybridized carbons (Fsp3) is 0.429. The average Bonchev–Trinajstić information content (AvgIpc) is 3.18. The van der Waals surface area contributed by atoms with Crippen molar-refractivity contribution in [2.24, 2.45) is 13.0 Å². The van der Waals surface area contributed by atoms with Crippen LogP contribution in [0.5, 0.6) is 11.5 Å². The molecule has 1 atom stereocenters. The molecular weight excluding hydrogens is 418 g/mol. The van der Waals surface area contributed by atoms with Crippen LogP contribution in [0.3, 0.4) is 0 Å². The Kier molecular flexibility index (Phi) is 5.41. The predicted octanol–water partition coefficient (Wildman–Crippen LogP) is 0.875. The number of imidazole rings is 1. The second-order valence-corrected chi connectivity index (χ2v) is 7.76. The summed E-state index contributed by atoms with van der Waals surface area (Å²) in [5.74, 6) is 1.24. The lowest BCUT2D eigenvalue weighted by Gasteiger charge is -2.33. The van der Waals surface area contributed by atoms with Gasteiger partial charge in [-0.25, -0.2) is 9.36 Å². The van der Waals surface area contributed by atoms with Gasteiger partial charge in [-0.05, 0) is 18.1 Å². The molecule has 0 N–H and O–H groups in total. The van der Waals surface area contributed by atoms with Crippen LogP contribution in [0.1, 0.15) is 6.92 Å². The average molecular weight is 443 g/mol. The molecule has 2 aromatic heterocycles. The van der Waals surface area contributed by atoms with Crippen molar-refractivity contribution in [3.63, 3.8) is 0 Å². The maximum atomic E-state index is 13.3. The monoisotopic (exact) mass is 443 g/mol. The van der Waals surface area contributed by atoms with Crippen LogP contribution in [0.4, 0.5) is 11.6 Å². The van der Waals surface area contributed by atoms with Gasteiger partial charge in [0.1, 0.15) is 18.0 Å². The molecule has 0 bridgehead atoms. The van der Waals surface area contributed by atoms with Crippen molar-refractivity contribution in [2.75, 3.05) is 32.8 Å². The summed E-state index contributed by atoms with van der Waals surface area (Å²) >= 11 is 0. The fourth-order valence-electron chi connectivity index (χ4n) is 4.05. The number of fused-ring (bicyclic) bond motifs is 3. The number of methoxy groups -OCH3 is 3. The molecule has 1 aromatic carbocycles. The van der Waals surface area contributed by atoms with Crippen LogP contribution in [-0.2, 0) is 29.7 Å². The highest BCUT2D eigenvalue weighted by Gasteiger charge is 2.31. The number of hydrogen-bond acceptors (Lipinski definition) is 8. The van der Waals surface area contributed by atoms with Gasteiger partial charge >= 0.3 is 11.7 Å². The van der Waals surface area contributed by atoms with E-state index in [0.29, 0.717) is 30.5 Å². The Morgan fingerprint density at radius 1 is 1.16 bits per heavy atom. The topological polar surface area (TPSA) is 110 Å². The number of benzene rings is 1. The molecule has 0 saturated heterocycles. The third-order valence-corrected chi connectivity index (χ3v) is 5.63. The Morgan fingerprint density at radius 2 is 1.91 bits per heavy atom. The van der Waals surface area contributed by atoms with Crippen molar-refractivity contribution in [3.05, 3.63) is 39.0 Å². The lowest BCUT2D eigenvalue weighted by molar-refractivity contribution is -0.141. The standard InChI is InChI=1S/C21H25N5O6/c1-12-9-24(14-7-6-13(30-3)8-15(14)31-4)20-22-18-17(25(20)10-12)19(28)26(11-16(27)32-5)21(29)23(18)2/h6-8,12H,9-11H2,1-5H3. The molecule has 0 fully saturated rings. The molecule has 0 radical (unpaired) electrons. The van der Waals surface area contributed by atoms with E-state index in [0.717, 1.165) is 10.3 Å². The lowest BCUT2D eigenvalue weighted by atomic mass is 10.1. The van der Waals surface area contributed by atoms with Crippen molar-refractivity contribution in [2.45, 2.75) is 20.0 Å². The number of anilines is 2. The molecule has 0 aliphatic carbocycles. The van der Waals surface area contributed by atoms with Crippen LogP contribution in [-0.4, -0.2) is 52.5 Å². The third-order valence-electron chi connectivity index (χ3n) is 5.63. The number of ether oxygens (including phenoxy) is 3. The molecule has 170 valence electrons. The number of aromatic nitrogens is 4. The third kappa shape index (κ3) is 3.29. The van der Waals surface area contributed by atoms with E-state index in [1.807, 2.05) is 17.0 Å². The first kappa shape index (κ1) is 21.5. The fourth-order valence-corrected chi connectivity index (χ4v) is 4.05. The maximum absolute atomic E-state index is 13.3. The van der Waals surface area contributed by atoms with E-state index < -0.39 is 23.8 Å². The minimum atomic E-state index is -0.681. The first-order valence-electron chi connectivity index (χ1n) is 10.1. The number of carbonyl (C=O) groups excluding carboxylic acids is 1. The molecule has 32 heavy (non-hydrogen) atoms. The summed E-state index contributed by atoms with van der Waals surface area (Å²) in [6.45, 7) is 2.76. The molecule has 0 saturated carbocycles. The van der Waals surface area contributed by atoms with Crippen LogP contribution < -0.4 is 25.6 Å². The summed E-state index contributed by atoms with van der Waals surface area (Å²) in [6, 6.07) is 5.47. The second-order valence-electron chi connectivity index (χ2n) is 7.76. The van der Waals surface area contributed by atoms with Gasteiger partial charge in [-0.3, -0.25) is 14.2 Å². The Hall–Kier alpha value is -3.76. The number of carbonyl (C=O) groups is 1. The summed E-state index contributed by atoms with van der Waals surface area (Å²) in [5.41, 5.74) is 0.0574. The van der Waals surface area contributed by atoms with Gasteiger partial charge in [-0.1, -0.05) is 6.92 Å². The molecule has 1 aliphatic rings. The quantitative estimate of drug-likeness (QED) is 0.535. The normalized spacial score (nSPS) is 15.5. The highest BCUT2D eigenvalue weighted by Crippen LogP contribution is 2.39. The summed E-state index contributed by atoms with van der Waals surface area (Å²) < 4.78 is 19.5. The zero-order chi connectivity index (χ0) is 23.2. The van der Waals surface area contributed by atoms with E-state index >= 15 is 0 Å². The van der Waals surface area contributed by atoms with Crippen LogP contribution in [0.25, 0.3) is 11.2 Å². The van der Waals surface area contributed by atoms with Crippen molar-refractivity contribution < 1.29 is 19.0 Å². The Labute approximate surface area is 183 Å². The zero-order valence-electron chi connectivity index (χ0n) is 18.6. The smallest absolute Gasteiger partial charge is 0.333 e. The Morgan fingerprint density at radius 3 is 2.56 bits per heavy atom. The molecule has 0 spiro atoms. The predicted molar refractivity (Wildman–Crippen MR) is 117 cm³/mol. The molecule has 1 aliphatic heterocycles. The van der Waals surface area contributed by atoms with Gasteiger partial charge in [0.05, 0.1) is 27.0 Å². The maximum Gasteiger partial charge on any atom is 0.333 e. The Bertz CT molecular complexity index is 1320. The highest BCUT2D eigenvalue weighted by atomic mass is 16.5. The van der Waals surface area contributed by atoms with Crippen molar-refractivity contribution in [1.29, 1.82) is 0 Å². The van der Waals surface area contributed by atoms with Crippen LogP contribution in [0, 0.1) is 5.92 Å². The second kappa shape index (κ2) is 8.06. The number of aryl methyl sites for hydroxylation is 1. The number of esters is 1. The van der Waals surface area contributed by atoms with Gasteiger partial charge in [0.25, 0.3) is 5.56 Å². The van der Waals surface area contributed by atoms with Crippen molar-refractivity contribution in [3.8, 4) is 11.5 Å². The van der Waals surface area contributed by atoms with E-state index in [1.165, 1.54) is 18.7 Å². The van der Waals surface area contributed by atoms with Gasteiger partial charge in [0, 0.05) is 26.2 Å². The molecule has 11 nitrogen and oxygen atoms in total. The summed E-state index contributed by atoms with van der Waals surface area (Å²) in [4.78, 5) is 44.4. The highest BCUT2D eigenvalue weighted by molar-refractivity contribution is 5.79. The number of nitrogens with zero attached hydrogens (tertiary/aromatic N) is 5. The van der Waals surface area contributed by atoms with Gasteiger partial charge < -0.3 is 23.7 Å². The minimum Gasteiger partial charge on any atom is -0.497 e. The SMILES string of the molecule is COC(=O)Cn1c(=O)c2c(nc3n2CC(C)CN3c2ccc(OC)cc2OC)n(C)c1=O. The molecule has 3 aromatic rings. The largest absolute Gasteiger partial charge is 0.497 e. The van der Waals surface area contributed by atoms with Crippen LogP contribution >= 0.6 is 0 Å². The molecule has 3 heterocycles. The minimum absolute atomic E-state index is 0.164. The van der Waals surface area contributed by atoms with Gasteiger partial charge in [-0.15, -0.1) is 0 Å². The molecule has 1 unspecified atom stereocenters. The summed E-state index contributed by atoms with van der Waals surface area (Å²) in [5, 5.41) is 0.